The molecule has 0 atom stereocenters. The molecular formula is C11H17N5O2. The van der Waals surface area contributed by atoms with E-state index in [2.05, 4.69) is 15.3 Å². The molecule has 1 saturated carbocycles. The Balaban J connectivity index is 2.33. The highest BCUT2D eigenvalue weighted by molar-refractivity contribution is 5.70. The van der Waals surface area contributed by atoms with Crippen LogP contribution in [-0.4, -0.2) is 35.0 Å². The van der Waals surface area contributed by atoms with Crippen LogP contribution in [-0.2, 0) is 0 Å². The zero-order valence-corrected chi connectivity index (χ0v) is 10.6. The predicted octanol–water partition coefficient (Wildman–Crippen LogP) is 1.81. The van der Waals surface area contributed by atoms with Crippen molar-refractivity contribution >= 4 is 17.3 Å². The van der Waals surface area contributed by atoms with E-state index < -0.39 is 4.92 Å². The van der Waals surface area contributed by atoms with Gasteiger partial charge in [0.05, 0.1) is 4.92 Å². The minimum atomic E-state index is -0.424. The third kappa shape index (κ3) is 2.49. The fourth-order valence-corrected chi connectivity index (χ4v) is 2.23. The van der Waals surface area contributed by atoms with Crippen molar-refractivity contribution in [2.75, 3.05) is 24.3 Å². The van der Waals surface area contributed by atoms with E-state index in [0.29, 0.717) is 11.6 Å². The molecule has 7 nitrogen and oxygen atoms in total. The summed E-state index contributed by atoms with van der Waals surface area (Å²) in [5.74, 6) is 0.654. The maximum Gasteiger partial charge on any atom is 0.353 e. The quantitative estimate of drug-likeness (QED) is 0.649. The monoisotopic (exact) mass is 251 g/mol. The number of nitrogens with zero attached hydrogens (tertiary/aromatic N) is 4. The second-order valence-electron chi connectivity index (χ2n) is 4.67. The van der Waals surface area contributed by atoms with E-state index in [1.54, 1.807) is 19.0 Å². The third-order valence-corrected chi connectivity index (χ3v) is 3.11. The Bertz CT molecular complexity index is 443. The van der Waals surface area contributed by atoms with Gasteiger partial charge in [0, 0.05) is 20.1 Å². The number of aromatic nitrogens is 2. The molecule has 18 heavy (non-hydrogen) atoms. The number of hydrogen-bond acceptors (Lipinski definition) is 6. The Morgan fingerprint density at radius 3 is 2.61 bits per heavy atom. The van der Waals surface area contributed by atoms with Gasteiger partial charge in [-0.3, -0.25) is 10.1 Å². The van der Waals surface area contributed by atoms with Crippen LogP contribution in [0.3, 0.4) is 0 Å². The fraction of sp³-hybridized carbons (Fsp3) is 0.636. The summed E-state index contributed by atoms with van der Waals surface area (Å²) in [6.07, 6.45) is 5.77. The van der Waals surface area contributed by atoms with Crippen molar-refractivity contribution in [3.63, 3.8) is 0 Å². The standard InChI is InChI=1S/C11H17N5O2/c1-15(2)11-9(16(17)18)10(12-7-13-11)14-8-5-3-4-6-8/h7-8H,3-6H2,1-2H3,(H,12,13,14). The van der Waals surface area contributed by atoms with Crippen LogP contribution in [0.2, 0.25) is 0 Å². The van der Waals surface area contributed by atoms with E-state index in [-0.39, 0.29) is 11.7 Å². The van der Waals surface area contributed by atoms with Crippen LogP contribution in [0.25, 0.3) is 0 Å². The molecule has 0 aromatic carbocycles. The SMILES string of the molecule is CN(C)c1ncnc(NC2CCCC2)c1[N+](=O)[O-]. The largest absolute Gasteiger partial charge is 0.361 e. The number of hydrogen-bond donors (Lipinski definition) is 1. The molecule has 1 aliphatic carbocycles. The average Bonchev–Trinajstić information content (AvgIpc) is 2.81. The predicted molar refractivity (Wildman–Crippen MR) is 68.9 cm³/mol. The van der Waals surface area contributed by atoms with Gasteiger partial charge in [-0.2, -0.15) is 0 Å². The Morgan fingerprint density at radius 2 is 2.06 bits per heavy atom. The van der Waals surface area contributed by atoms with E-state index >= 15 is 0 Å². The van der Waals surface area contributed by atoms with Gasteiger partial charge in [-0.05, 0) is 12.8 Å². The first-order valence-corrected chi connectivity index (χ1v) is 6.03. The number of nitro groups is 1. The number of rotatable bonds is 4. The molecule has 0 unspecified atom stereocenters. The minimum absolute atomic E-state index is 0.0469. The summed E-state index contributed by atoms with van der Waals surface area (Å²) < 4.78 is 0. The molecule has 1 aliphatic rings. The van der Waals surface area contributed by atoms with Crippen molar-refractivity contribution in [1.82, 2.24) is 9.97 Å². The Morgan fingerprint density at radius 1 is 1.39 bits per heavy atom. The van der Waals surface area contributed by atoms with Crippen LogP contribution in [0.4, 0.5) is 17.3 Å². The van der Waals surface area contributed by atoms with Gasteiger partial charge in [0.15, 0.2) is 0 Å². The fourth-order valence-electron chi connectivity index (χ4n) is 2.23. The number of anilines is 2. The van der Waals surface area contributed by atoms with Gasteiger partial charge in [-0.25, -0.2) is 9.97 Å². The zero-order valence-electron chi connectivity index (χ0n) is 10.6. The van der Waals surface area contributed by atoms with Gasteiger partial charge in [0.2, 0.25) is 11.6 Å². The average molecular weight is 251 g/mol. The first-order chi connectivity index (χ1) is 8.59. The normalized spacial score (nSPS) is 15.7. The summed E-state index contributed by atoms with van der Waals surface area (Å²) in [6.45, 7) is 0. The van der Waals surface area contributed by atoms with Gasteiger partial charge in [0.25, 0.3) is 0 Å². The smallest absolute Gasteiger partial charge is 0.353 e. The molecule has 98 valence electrons. The highest BCUT2D eigenvalue weighted by Crippen LogP contribution is 2.32. The molecule has 1 N–H and O–H groups in total. The maximum absolute atomic E-state index is 11.2. The van der Waals surface area contributed by atoms with Crippen LogP contribution >= 0.6 is 0 Å². The molecule has 0 spiro atoms. The molecule has 0 bridgehead atoms. The topological polar surface area (TPSA) is 84.2 Å². The summed E-state index contributed by atoms with van der Waals surface area (Å²) in [4.78, 5) is 20.4. The first-order valence-electron chi connectivity index (χ1n) is 6.03. The molecule has 0 saturated heterocycles. The van der Waals surface area contributed by atoms with Crippen LogP contribution in [0.1, 0.15) is 25.7 Å². The minimum Gasteiger partial charge on any atom is -0.361 e. The Labute approximate surface area is 105 Å². The van der Waals surface area contributed by atoms with Gasteiger partial charge in [0.1, 0.15) is 6.33 Å². The van der Waals surface area contributed by atoms with Gasteiger partial charge in [-0.15, -0.1) is 0 Å². The highest BCUT2D eigenvalue weighted by Gasteiger charge is 2.26. The Hall–Kier alpha value is -1.92. The zero-order chi connectivity index (χ0) is 13.1. The lowest BCUT2D eigenvalue weighted by molar-refractivity contribution is -0.383. The van der Waals surface area contributed by atoms with Crippen LogP contribution in [0.5, 0.6) is 0 Å². The van der Waals surface area contributed by atoms with E-state index in [1.165, 1.54) is 6.33 Å². The van der Waals surface area contributed by atoms with Crippen molar-refractivity contribution in [3.05, 3.63) is 16.4 Å². The van der Waals surface area contributed by atoms with Crippen molar-refractivity contribution in [2.24, 2.45) is 0 Å². The molecule has 7 heteroatoms. The van der Waals surface area contributed by atoms with Crippen molar-refractivity contribution in [3.8, 4) is 0 Å². The lowest BCUT2D eigenvalue weighted by Crippen LogP contribution is -2.19. The van der Waals surface area contributed by atoms with Crippen LogP contribution < -0.4 is 10.2 Å². The lowest BCUT2D eigenvalue weighted by Gasteiger charge is -2.16. The molecule has 0 radical (unpaired) electrons. The molecule has 1 aromatic heterocycles. The van der Waals surface area contributed by atoms with E-state index in [0.717, 1.165) is 25.7 Å². The van der Waals surface area contributed by atoms with Crippen molar-refractivity contribution < 1.29 is 4.92 Å². The molecule has 0 aliphatic heterocycles. The second-order valence-corrected chi connectivity index (χ2v) is 4.67. The molecule has 1 fully saturated rings. The summed E-state index contributed by atoms with van der Waals surface area (Å²) in [5, 5.41) is 14.3. The van der Waals surface area contributed by atoms with Gasteiger partial charge >= 0.3 is 5.69 Å². The summed E-state index contributed by atoms with van der Waals surface area (Å²) in [7, 11) is 3.46. The van der Waals surface area contributed by atoms with Crippen molar-refractivity contribution in [2.45, 2.75) is 31.7 Å². The summed E-state index contributed by atoms with van der Waals surface area (Å²) >= 11 is 0. The molecular weight excluding hydrogens is 234 g/mol. The second kappa shape index (κ2) is 5.16. The van der Waals surface area contributed by atoms with E-state index in [1.807, 2.05) is 0 Å². The van der Waals surface area contributed by atoms with Crippen LogP contribution in [0.15, 0.2) is 6.33 Å². The van der Waals surface area contributed by atoms with Crippen molar-refractivity contribution in [1.29, 1.82) is 0 Å². The molecule has 2 rings (SSSR count). The molecule has 0 amide bonds. The van der Waals surface area contributed by atoms with E-state index in [9.17, 15) is 10.1 Å². The first kappa shape index (κ1) is 12.5. The van der Waals surface area contributed by atoms with Crippen LogP contribution in [0, 0.1) is 10.1 Å². The third-order valence-electron chi connectivity index (χ3n) is 3.11. The Kier molecular flexibility index (Phi) is 3.59. The summed E-state index contributed by atoms with van der Waals surface area (Å²) in [5.41, 5.74) is -0.0469. The maximum atomic E-state index is 11.2. The molecule has 1 aromatic rings. The number of nitrogens with one attached hydrogen (secondary N) is 1. The van der Waals surface area contributed by atoms with Gasteiger partial charge in [-0.1, -0.05) is 12.8 Å². The summed E-state index contributed by atoms with van der Waals surface area (Å²) in [6, 6.07) is 0.286. The van der Waals surface area contributed by atoms with E-state index in [4.69, 9.17) is 0 Å². The highest BCUT2D eigenvalue weighted by atomic mass is 16.6. The lowest BCUT2D eigenvalue weighted by atomic mass is 10.2. The van der Waals surface area contributed by atoms with Gasteiger partial charge < -0.3 is 10.2 Å². The molecule has 1 heterocycles.